The van der Waals surface area contributed by atoms with Gasteiger partial charge in [-0.05, 0) is 17.7 Å². The molecule has 0 spiro atoms. The normalized spacial score (nSPS) is 10.5. The van der Waals surface area contributed by atoms with E-state index in [2.05, 4.69) is 4.98 Å². The Bertz CT molecular complexity index is 516. The Morgan fingerprint density at radius 1 is 1.23 bits per heavy atom. The number of hydrogen-bond acceptors (Lipinski definition) is 1. The van der Waals surface area contributed by atoms with Crippen LogP contribution < -0.4 is 11.0 Å². The number of fused-ring (bicyclic) bond motifs is 1. The lowest BCUT2D eigenvalue weighted by Gasteiger charge is -2.02. The van der Waals surface area contributed by atoms with Crippen LogP contribution in [0.1, 0.15) is 5.56 Å². The molecule has 2 radical (unpaired) electrons. The van der Waals surface area contributed by atoms with Crippen molar-refractivity contribution < 1.29 is 0 Å². The summed E-state index contributed by atoms with van der Waals surface area (Å²) in [5.74, 6) is 0. The number of benzene rings is 1. The van der Waals surface area contributed by atoms with Gasteiger partial charge in [0, 0.05) is 12.3 Å². The van der Waals surface area contributed by atoms with Crippen LogP contribution in [-0.2, 0) is 0 Å². The maximum absolute atomic E-state index is 11.0. The van der Waals surface area contributed by atoms with E-state index in [-0.39, 0.29) is 5.56 Å². The fourth-order valence-electron chi connectivity index (χ4n) is 1.35. The minimum atomic E-state index is -0.0864. The molecule has 1 heterocycles. The number of H-pyrrole nitrogens is 1. The molecule has 2 nitrogen and oxygen atoms in total. The number of aryl methyl sites for hydroxylation is 1. The summed E-state index contributed by atoms with van der Waals surface area (Å²) < 4.78 is 0. The first kappa shape index (κ1) is 8.11. The van der Waals surface area contributed by atoms with E-state index in [0.29, 0.717) is 0 Å². The van der Waals surface area contributed by atoms with Crippen LogP contribution in [0, 0.1) is 6.92 Å². The molecule has 3 heteroatoms. The SMILES string of the molecule is [B]c1cc2c[nH]c(=O)cc2cc1C. The zero-order valence-corrected chi connectivity index (χ0v) is 7.29. The summed E-state index contributed by atoms with van der Waals surface area (Å²) in [4.78, 5) is 13.6. The second-order valence-electron chi connectivity index (χ2n) is 3.13. The van der Waals surface area contributed by atoms with Gasteiger partial charge in [-0.3, -0.25) is 4.79 Å². The lowest BCUT2D eigenvalue weighted by atomic mass is 9.89. The second kappa shape index (κ2) is 2.77. The van der Waals surface area contributed by atoms with E-state index in [1.165, 1.54) is 0 Å². The molecule has 0 aliphatic heterocycles. The highest BCUT2D eigenvalue weighted by molar-refractivity contribution is 6.34. The monoisotopic (exact) mass is 169 g/mol. The lowest BCUT2D eigenvalue weighted by Crippen LogP contribution is -2.08. The summed E-state index contributed by atoms with van der Waals surface area (Å²) in [6, 6.07) is 5.35. The van der Waals surface area contributed by atoms with Crippen LogP contribution in [0.25, 0.3) is 10.8 Å². The fraction of sp³-hybridized carbons (Fsp3) is 0.100. The summed E-state index contributed by atoms with van der Waals surface area (Å²) in [6.45, 7) is 1.93. The average Bonchev–Trinajstić information content (AvgIpc) is 2.08. The quantitative estimate of drug-likeness (QED) is 0.576. The minimum Gasteiger partial charge on any atom is -0.328 e. The molecule has 0 amide bonds. The van der Waals surface area contributed by atoms with Crippen molar-refractivity contribution in [1.82, 2.24) is 4.98 Å². The molecule has 0 fully saturated rings. The number of pyridine rings is 1. The lowest BCUT2D eigenvalue weighted by molar-refractivity contribution is 1.27. The maximum Gasteiger partial charge on any atom is 0.248 e. The first-order valence-corrected chi connectivity index (χ1v) is 4.05. The van der Waals surface area contributed by atoms with Crippen molar-refractivity contribution >= 4 is 24.1 Å². The predicted octanol–water partition coefficient (Wildman–Crippen LogP) is 0.630. The number of hydrogen-bond donors (Lipinski definition) is 1. The highest BCUT2D eigenvalue weighted by atomic mass is 16.1. The van der Waals surface area contributed by atoms with Crippen molar-refractivity contribution in [3.8, 4) is 0 Å². The van der Waals surface area contributed by atoms with Gasteiger partial charge < -0.3 is 4.98 Å². The molecule has 13 heavy (non-hydrogen) atoms. The minimum absolute atomic E-state index is 0.0864. The Balaban J connectivity index is 2.89. The largest absolute Gasteiger partial charge is 0.328 e. The maximum atomic E-state index is 11.0. The van der Waals surface area contributed by atoms with Gasteiger partial charge in [0.25, 0.3) is 0 Å². The Hall–Kier alpha value is -1.51. The van der Waals surface area contributed by atoms with E-state index in [4.69, 9.17) is 7.85 Å². The molecule has 0 unspecified atom stereocenters. The van der Waals surface area contributed by atoms with Crippen molar-refractivity contribution in [2.45, 2.75) is 6.92 Å². The molecule has 62 valence electrons. The van der Waals surface area contributed by atoms with Crippen LogP contribution in [0.15, 0.2) is 29.2 Å². The van der Waals surface area contributed by atoms with E-state index in [0.717, 1.165) is 21.8 Å². The summed E-state index contributed by atoms with van der Waals surface area (Å²) in [5.41, 5.74) is 1.66. The summed E-state index contributed by atoms with van der Waals surface area (Å²) in [6.07, 6.45) is 1.67. The Labute approximate surface area is 77.0 Å². The molecular weight excluding hydrogens is 161 g/mol. The van der Waals surface area contributed by atoms with Crippen LogP contribution in [0.2, 0.25) is 0 Å². The Kier molecular flexibility index (Phi) is 1.73. The van der Waals surface area contributed by atoms with Crippen LogP contribution in [0.3, 0.4) is 0 Å². The standard InChI is InChI=1S/C10H8BNO/c1-6-2-7-4-10(13)12-5-8(7)3-9(6)11/h2-5H,1H3,(H,12,13). The molecule has 0 bridgehead atoms. The first-order valence-electron chi connectivity index (χ1n) is 4.05. The highest BCUT2D eigenvalue weighted by Gasteiger charge is 1.97. The van der Waals surface area contributed by atoms with Gasteiger partial charge >= 0.3 is 0 Å². The van der Waals surface area contributed by atoms with Crippen LogP contribution in [0.5, 0.6) is 0 Å². The zero-order valence-electron chi connectivity index (χ0n) is 7.29. The van der Waals surface area contributed by atoms with Gasteiger partial charge in [0.1, 0.15) is 7.85 Å². The van der Waals surface area contributed by atoms with Crippen LogP contribution in [-0.4, -0.2) is 12.8 Å². The van der Waals surface area contributed by atoms with Crippen molar-refractivity contribution in [2.75, 3.05) is 0 Å². The topological polar surface area (TPSA) is 32.9 Å². The highest BCUT2D eigenvalue weighted by Crippen LogP contribution is 2.09. The number of nitrogens with one attached hydrogen (secondary N) is 1. The number of aromatic amines is 1. The molecule has 2 rings (SSSR count). The smallest absolute Gasteiger partial charge is 0.248 e. The first-order chi connectivity index (χ1) is 6.16. The van der Waals surface area contributed by atoms with Gasteiger partial charge in [0.15, 0.2) is 0 Å². The van der Waals surface area contributed by atoms with E-state index >= 15 is 0 Å². The van der Waals surface area contributed by atoms with Gasteiger partial charge in [-0.25, -0.2) is 0 Å². The predicted molar refractivity (Wildman–Crippen MR) is 54.7 cm³/mol. The number of aromatic nitrogens is 1. The summed E-state index contributed by atoms with van der Waals surface area (Å²) in [7, 11) is 5.73. The molecule has 0 saturated carbocycles. The second-order valence-corrected chi connectivity index (χ2v) is 3.13. The van der Waals surface area contributed by atoms with E-state index in [9.17, 15) is 4.79 Å². The van der Waals surface area contributed by atoms with Crippen molar-refractivity contribution in [2.24, 2.45) is 0 Å². The molecule has 2 aromatic rings. The van der Waals surface area contributed by atoms with Gasteiger partial charge in [-0.15, -0.1) is 0 Å². The van der Waals surface area contributed by atoms with E-state index in [1.54, 1.807) is 12.3 Å². The Morgan fingerprint density at radius 2 is 2.00 bits per heavy atom. The van der Waals surface area contributed by atoms with Gasteiger partial charge in [0.2, 0.25) is 5.56 Å². The van der Waals surface area contributed by atoms with Crippen LogP contribution in [0.4, 0.5) is 0 Å². The molecule has 1 aromatic carbocycles. The Morgan fingerprint density at radius 3 is 2.77 bits per heavy atom. The third-order valence-electron chi connectivity index (χ3n) is 2.13. The molecule has 0 saturated heterocycles. The molecule has 1 aromatic heterocycles. The molecule has 1 N–H and O–H groups in total. The third-order valence-corrected chi connectivity index (χ3v) is 2.13. The molecule has 0 aliphatic carbocycles. The summed E-state index contributed by atoms with van der Waals surface area (Å²) >= 11 is 0. The third kappa shape index (κ3) is 1.37. The molecule has 0 aliphatic rings. The molecule has 0 atom stereocenters. The fourth-order valence-corrected chi connectivity index (χ4v) is 1.35. The van der Waals surface area contributed by atoms with E-state index in [1.807, 2.05) is 19.1 Å². The zero-order chi connectivity index (χ0) is 9.42. The van der Waals surface area contributed by atoms with Crippen molar-refractivity contribution in [3.63, 3.8) is 0 Å². The van der Waals surface area contributed by atoms with Gasteiger partial charge in [0.05, 0.1) is 0 Å². The molecular formula is C10H8BNO. The van der Waals surface area contributed by atoms with Crippen molar-refractivity contribution in [1.29, 1.82) is 0 Å². The van der Waals surface area contributed by atoms with E-state index < -0.39 is 0 Å². The summed E-state index contributed by atoms with van der Waals surface area (Å²) in [5, 5.41) is 1.89. The van der Waals surface area contributed by atoms with Crippen LogP contribution >= 0.6 is 0 Å². The van der Waals surface area contributed by atoms with Crippen molar-refractivity contribution in [3.05, 3.63) is 40.3 Å². The number of rotatable bonds is 0. The van der Waals surface area contributed by atoms with Gasteiger partial charge in [-0.2, -0.15) is 0 Å². The van der Waals surface area contributed by atoms with Gasteiger partial charge in [-0.1, -0.05) is 23.2 Å². The average molecular weight is 169 g/mol.